The molecule has 92 valence electrons. The molecule has 1 heterocycles. The minimum absolute atomic E-state index is 0.00715. The van der Waals surface area contributed by atoms with Crippen LogP contribution in [0.1, 0.15) is 11.5 Å². The molecule has 17 heavy (non-hydrogen) atoms. The molecule has 0 saturated carbocycles. The topological polar surface area (TPSA) is 60.8 Å². The standard InChI is InChI=1S/C12H14BrNO3/c13-10-3-1-8(2-4-10)11-6-14(12(16)17)5-9(11)7-15/h1-4,9,11,15H,5-7H2,(H,16,17). The number of hydrogen-bond acceptors (Lipinski definition) is 2. The Kier molecular flexibility index (Phi) is 3.69. The van der Waals surface area contributed by atoms with Gasteiger partial charge >= 0.3 is 6.09 Å². The third kappa shape index (κ3) is 2.61. The Labute approximate surface area is 108 Å². The number of benzene rings is 1. The summed E-state index contributed by atoms with van der Waals surface area (Å²) in [5.74, 6) is 0.0801. The fourth-order valence-electron chi connectivity index (χ4n) is 2.30. The minimum Gasteiger partial charge on any atom is -0.465 e. The van der Waals surface area contributed by atoms with E-state index < -0.39 is 6.09 Å². The molecule has 0 radical (unpaired) electrons. The van der Waals surface area contributed by atoms with Gasteiger partial charge in [-0.15, -0.1) is 0 Å². The molecule has 5 heteroatoms. The Balaban J connectivity index is 2.19. The predicted molar refractivity (Wildman–Crippen MR) is 67.1 cm³/mol. The van der Waals surface area contributed by atoms with Gasteiger partial charge in [0.05, 0.1) is 0 Å². The molecular formula is C12H14BrNO3. The third-order valence-electron chi connectivity index (χ3n) is 3.24. The number of nitrogens with zero attached hydrogens (tertiary/aromatic N) is 1. The molecular weight excluding hydrogens is 286 g/mol. The summed E-state index contributed by atoms with van der Waals surface area (Å²) in [5.41, 5.74) is 1.08. The number of amides is 1. The van der Waals surface area contributed by atoms with Gasteiger partial charge in [0.15, 0.2) is 0 Å². The number of aliphatic hydroxyl groups is 1. The van der Waals surface area contributed by atoms with Crippen LogP contribution in [0.3, 0.4) is 0 Å². The summed E-state index contributed by atoms with van der Waals surface area (Å²) in [6.45, 7) is 0.888. The first-order chi connectivity index (χ1) is 8.11. The van der Waals surface area contributed by atoms with E-state index >= 15 is 0 Å². The molecule has 2 rings (SSSR count). The highest BCUT2D eigenvalue weighted by atomic mass is 79.9. The summed E-state index contributed by atoms with van der Waals surface area (Å²) in [6, 6.07) is 7.83. The normalized spacial score (nSPS) is 24.0. The van der Waals surface area contributed by atoms with Gasteiger partial charge in [-0.1, -0.05) is 28.1 Å². The average Bonchev–Trinajstić information content (AvgIpc) is 2.74. The van der Waals surface area contributed by atoms with Crippen LogP contribution in [0.5, 0.6) is 0 Å². The minimum atomic E-state index is -0.914. The van der Waals surface area contributed by atoms with E-state index in [-0.39, 0.29) is 18.4 Å². The van der Waals surface area contributed by atoms with Crippen molar-refractivity contribution in [3.63, 3.8) is 0 Å². The van der Waals surface area contributed by atoms with Crippen molar-refractivity contribution in [3.05, 3.63) is 34.3 Å². The summed E-state index contributed by atoms with van der Waals surface area (Å²) < 4.78 is 0.995. The molecule has 0 aromatic heterocycles. The zero-order valence-corrected chi connectivity index (χ0v) is 10.8. The highest BCUT2D eigenvalue weighted by molar-refractivity contribution is 9.10. The van der Waals surface area contributed by atoms with E-state index in [9.17, 15) is 9.90 Å². The van der Waals surface area contributed by atoms with E-state index in [4.69, 9.17) is 5.11 Å². The molecule has 1 saturated heterocycles. The maximum absolute atomic E-state index is 10.9. The lowest BCUT2D eigenvalue weighted by Gasteiger charge is -2.15. The molecule has 1 aliphatic rings. The van der Waals surface area contributed by atoms with Crippen LogP contribution in [0, 0.1) is 5.92 Å². The zero-order chi connectivity index (χ0) is 12.4. The Hall–Kier alpha value is -1.07. The fourth-order valence-corrected chi connectivity index (χ4v) is 2.56. The second kappa shape index (κ2) is 5.06. The highest BCUT2D eigenvalue weighted by Crippen LogP contribution is 2.32. The lowest BCUT2D eigenvalue weighted by atomic mass is 9.90. The number of carbonyl (C=O) groups is 1. The van der Waals surface area contributed by atoms with Crippen molar-refractivity contribution in [2.75, 3.05) is 19.7 Å². The Morgan fingerprint density at radius 1 is 1.35 bits per heavy atom. The van der Waals surface area contributed by atoms with Crippen LogP contribution in [0.15, 0.2) is 28.7 Å². The van der Waals surface area contributed by atoms with Crippen LogP contribution in [-0.4, -0.2) is 40.9 Å². The Bertz CT molecular complexity index is 407. The van der Waals surface area contributed by atoms with E-state index in [2.05, 4.69) is 15.9 Å². The summed E-state index contributed by atoms with van der Waals surface area (Å²) in [6.07, 6.45) is -0.914. The lowest BCUT2D eigenvalue weighted by Crippen LogP contribution is -2.27. The SMILES string of the molecule is O=C(O)N1CC(CO)C(c2ccc(Br)cc2)C1. The monoisotopic (exact) mass is 299 g/mol. The van der Waals surface area contributed by atoms with E-state index in [0.717, 1.165) is 10.0 Å². The third-order valence-corrected chi connectivity index (χ3v) is 3.77. The van der Waals surface area contributed by atoms with Gasteiger partial charge < -0.3 is 15.1 Å². The molecule has 0 spiro atoms. The maximum atomic E-state index is 10.9. The van der Waals surface area contributed by atoms with Gasteiger partial charge in [-0.2, -0.15) is 0 Å². The van der Waals surface area contributed by atoms with E-state index in [1.165, 1.54) is 4.90 Å². The van der Waals surface area contributed by atoms with Gasteiger partial charge in [-0.3, -0.25) is 0 Å². The molecule has 2 unspecified atom stereocenters. The molecule has 1 aromatic carbocycles. The number of halogens is 1. The lowest BCUT2D eigenvalue weighted by molar-refractivity contribution is 0.150. The maximum Gasteiger partial charge on any atom is 0.407 e. The molecule has 1 aromatic rings. The second-order valence-electron chi connectivity index (χ2n) is 4.29. The molecule has 0 aliphatic carbocycles. The molecule has 1 aliphatic heterocycles. The summed E-state index contributed by atoms with van der Waals surface area (Å²) in [7, 11) is 0. The van der Waals surface area contributed by atoms with Crippen LogP contribution in [0.25, 0.3) is 0 Å². The molecule has 1 fully saturated rings. The molecule has 0 bridgehead atoms. The number of aliphatic hydroxyl groups excluding tert-OH is 1. The average molecular weight is 300 g/mol. The fraction of sp³-hybridized carbons (Fsp3) is 0.417. The number of rotatable bonds is 2. The quantitative estimate of drug-likeness (QED) is 0.879. The highest BCUT2D eigenvalue weighted by Gasteiger charge is 2.35. The van der Waals surface area contributed by atoms with Gasteiger partial charge in [-0.25, -0.2) is 4.79 Å². The van der Waals surface area contributed by atoms with Crippen molar-refractivity contribution in [3.8, 4) is 0 Å². The van der Waals surface area contributed by atoms with E-state index in [1.807, 2.05) is 24.3 Å². The second-order valence-corrected chi connectivity index (χ2v) is 5.20. The van der Waals surface area contributed by atoms with Gasteiger partial charge in [0, 0.05) is 36.0 Å². The molecule has 4 nitrogen and oxygen atoms in total. The number of hydrogen-bond donors (Lipinski definition) is 2. The summed E-state index contributed by atoms with van der Waals surface area (Å²) in [4.78, 5) is 12.3. The molecule has 2 N–H and O–H groups in total. The smallest absolute Gasteiger partial charge is 0.407 e. The van der Waals surface area contributed by atoms with Crippen LogP contribution in [0.2, 0.25) is 0 Å². The van der Waals surface area contributed by atoms with Crippen molar-refractivity contribution in [2.45, 2.75) is 5.92 Å². The first-order valence-electron chi connectivity index (χ1n) is 5.46. The summed E-state index contributed by atoms with van der Waals surface area (Å²) >= 11 is 3.37. The molecule has 1 amide bonds. The number of carboxylic acid groups (broad SMARTS) is 1. The van der Waals surface area contributed by atoms with Crippen molar-refractivity contribution in [1.29, 1.82) is 0 Å². The van der Waals surface area contributed by atoms with Gasteiger partial charge in [0.2, 0.25) is 0 Å². The summed E-state index contributed by atoms with van der Waals surface area (Å²) in [5, 5.41) is 18.3. The van der Waals surface area contributed by atoms with Crippen molar-refractivity contribution in [2.24, 2.45) is 5.92 Å². The first kappa shape index (κ1) is 12.4. The van der Waals surface area contributed by atoms with Crippen molar-refractivity contribution < 1.29 is 15.0 Å². The predicted octanol–water partition coefficient (Wildman–Crippen LogP) is 2.13. The van der Waals surface area contributed by atoms with Gasteiger partial charge in [0.1, 0.15) is 0 Å². The van der Waals surface area contributed by atoms with Gasteiger partial charge in [0.25, 0.3) is 0 Å². The van der Waals surface area contributed by atoms with Crippen LogP contribution in [-0.2, 0) is 0 Å². The van der Waals surface area contributed by atoms with E-state index in [0.29, 0.717) is 13.1 Å². The largest absolute Gasteiger partial charge is 0.465 e. The first-order valence-corrected chi connectivity index (χ1v) is 6.25. The Morgan fingerprint density at radius 3 is 2.53 bits per heavy atom. The van der Waals surface area contributed by atoms with Crippen LogP contribution < -0.4 is 0 Å². The molecule has 2 atom stereocenters. The zero-order valence-electron chi connectivity index (χ0n) is 9.21. The van der Waals surface area contributed by atoms with E-state index in [1.54, 1.807) is 0 Å². The van der Waals surface area contributed by atoms with Gasteiger partial charge in [-0.05, 0) is 17.7 Å². The Morgan fingerprint density at radius 2 is 2.00 bits per heavy atom. The van der Waals surface area contributed by atoms with Crippen molar-refractivity contribution >= 4 is 22.0 Å². The van der Waals surface area contributed by atoms with Crippen LogP contribution >= 0.6 is 15.9 Å². The van der Waals surface area contributed by atoms with Crippen molar-refractivity contribution in [1.82, 2.24) is 4.90 Å². The van der Waals surface area contributed by atoms with Crippen LogP contribution in [0.4, 0.5) is 4.79 Å². The number of likely N-dealkylation sites (tertiary alicyclic amines) is 1.